The quantitative estimate of drug-likeness (QED) is 0.805. The molecular formula is C13H21BrN2. The lowest BCUT2D eigenvalue weighted by atomic mass is 10.1. The molecule has 0 heterocycles. The second-order valence-electron chi connectivity index (χ2n) is 4.05. The third-order valence-corrected chi connectivity index (χ3v) is 3.55. The van der Waals surface area contributed by atoms with Gasteiger partial charge in [0, 0.05) is 11.0 Å². The Balaban J connectivity index is 2.32. The summed E-state index contributed by atoms with van der Waals surface area (Å²) in [7, 11) is 2.01. The van der Waals surface area contributed by atoms with Crippen molar-refractivity contribution in [1.82, 2.24) is 10.6 Å². The SMILES string of the molecule is CCC(CNC)CNCc1ccccc1Br. The maximum absolute atomic E-state index is 3.56. The van der Waals surface area contributed by atoms with Gasteiger partial charge in [-0.1, -0.05) is 47.5 Å². The molecule has 3 heteroatoms. The molecule has 2 nitrogen and oxygen atoms in total. The van der Waals surface area contributed by atoms with Gasteiger partial charge in [-0.3, -0.25) is 0 Å². The van der Waals surface area contributed by atoms with Crippen molar-refractivity contribution in [2.75, 3.05) is 20.1 Å². The minimum Gasteiger partial charge on any atom is -0.319 e. The Bertz CT molecular complexity index is 302. The summed E-state index contributed by atoms with van der Waals surface area (Å²) in [5.74, 6) is 0.715. The van der Waals surface area contributed by atoms with Gasteiger partial charge in [0.15, 0.2) is 0 Å². The highest BCUT2D eigenvalue weighted by molar-refractivity contribution is 9.10. The van der Waals surface area contributed by atoms with Crippen LogP contribution in [0.15, 0.2) is 28.7 Å². The van der Waals surface area contributed by atoms with E-state index in [1.807, 2.05) is 13.1 Å². The Labute approximate surface area is 107 Å². The van der Waals surface area contributed by atoms with E-state index in [1.54, 1.807) is 0 Å². The lowest BCUT2D eigenvalue weighted by molar-refractivity contribution is 0.444. The van der Waals surface area contributed by atoms with Gasteiger partial charge in [-0.25, -0.2) is 0 Å². The van der Waals surface area contributed by atoms with Gasteiger partial charge in [-0.05, 0) is 37.7 Å². The fraction of sp³-hybridized carbons (Fsp3) is 0.538. The smallest absolute Gasteiger partial charge is 0.0220 e. The molecule has 0 aliphatic rings. The molecular weight excluding hydrogens is 264 g/mol. The molecule has 1 rings (SSSR count). The van der Waals surface area contributed by atoms with E-state index >= 15 is 0 Å². The first-order chi connectivity index (χ1) is 7.77. The van der Waals surface area contributed by atoms with E-state index in [-0.39, 0.29) is 0 Å². The van der Waals surface area contributed by atoms with Crippen LogP contribution in [0.4, 0.5) is 0 Å². The van der Waals surface area contributed by atoms with Crippen LogP contribution < -0.4 is 10.6 Å². The van der Waals surface area contributed by atoms with Crippen molar-refractivity contribution in [3.8, 4) is 0 Å². The highest BCUT2D eigenvalue weighted by atomic mass is 79.9. The van der Waals surface area contributed by atoms with Crippen LogP contribution in [0.1, 0.15) is 18.9 Å². The Morgan fingerprint density at radius 2 is 2.00 bits per heavy atom. The second kappa shape index (κ2) is 7.82. The monoisotopic (exact) mass is 284 g/mol. The zero-order valence-electron chi connectivity index (χ0n) is 10.1. The van der Waals surface area contributed by atoms with Crippen molar-refractivity contribution in [1.29, 1.82) is 0 Å². The van der Waals surface area contributed by atoms with E-state index in [0.717, 1.165) is 19.6 Å². The maximum Gasteiger partial charge on any atom is 0.0220 e. The zero-order chi connectivity index (χ0) is 11.8. The standard InChI is InChI=1S/C13H21BrN2/c1-3-11(8-15-2)9-16-10-12-6-4-5-7-13(12)14/h4-7,11,15-16H,3,8-10H2,1-2H3. The van der Waals surface area contributed by atoms with E-state index in [2.05, 4.69) is 51.7 Å². The molecule has 0 spiro atoms. The normalized spacial score (nSPS) is 12.7. The summed E-state index contributed by atoms with van der Waals surface area (Å²) in [6.07, 6.45) is 1.21. The highest BCUT2D eigenvalue weighted by Gasteiger charge is 2.04. The van der Waals surface area contributed by atoms with Crippen LogP contribution in [-0.4, -0.2) is 20.1 Å². The molecule has 0 saturated heterocycles. The summed E-state index contributed by atoms with van der Waals surface area (Å²) in [5.41, 5.74) is 1.32. The third-order valence-electron chi connectivity index (χ3n) is 2.78. The molecule has 0 bridgehead atoms. The summed E-state index contributed by atoms with van der Waals surface area (Å²) in [5, 5.41) is 6.74. The predicted molar refractivity (Wildman–Crippen MR) is 73.6 cm³/mol. The lowest BCUT2D eigenvalue weighted by Gasteiger charge is -2.15. The number of hydrogen-bond donors (Lipinski definition) is 2. The average molecular weight is 285 g/mol. The molecule has 0 aliphatic heterocycles. The van der Waals surface area contributed by atoms with Crippen LogP contribution >= 0.6 is 15.9 Å². The molecule has 0 amide bonds. The van der Waals surface area contributed by atoms with Gasteiger partial charge >= 0.3 is 0 Å². The molecule has 0 radical (unpaired) electrons. The van der Waals surface area contributed by atoms with Crippen LogP contribution in [0.25, 0.3) is 0 Å². The zero-order valence-corrected chi connectivity index (χ0v) is 11.7. The Morgan fingerprint density at radius 3 is 2.62 bits per heavy atom. The molecule has 0 fully saturated rings. The molecule has 2 N–H and O–H groups in total. The molecule has 1 aromatic carbocycles. The number of nitrogens with one attached hydrogen (secondary N) is 2. The van der Waals surface area contributed by atoms with Crippen molar-refractivity contribution >= 4 is 15.9 Å². The van der Waals surface area contributed by atoms with Gasteiger partial charge < -0.3 is 10.6 Å². The van der Waals surface area contributed by atoms with Crippen molar-refractivity contribution in [3.63, 3.8) is 0 Å². The molecule has 0 aromatic heterocycles. The fourth-order valence-corrected chi connectivity index (χ4v) is 2.13. The van der Waals surface area contributed by atoms with Gasteiger partial charge in [0.05, 0.1) is 0 Å². The topological polar surface area (TPSA) is 24.1 Å². The second-order valence-corrected chi connectivity index (χ2v) is 4.91. The molecule has 0 saturated carbocycles. The van der Waals surface area contributed by atoms with Crippen molar-refractivity contribution < 1.29 is 0 Å². The Kier molecular flexibility index (Phi) is 6.69. The minimum absolute atomic E-state index is 0.715. The lowest BCUT2D eigenvalue weighted by Crippen LogP contribution is -2.29. The largest absolute Gasteiger partial charge is 0.319 e. The highest BCUT2D eigenvalue weighted by Crippen LogP contribution is 2.15. The van der Waals surface area contributed by atoms with Crippen LogP contribution in [0, 0.1) is 5.92 Å². The van der Waals surface area contributed by atoms with E-state index in [4.69, 9.17) is 0 Å². The number of rotatable bonds is 7. The minimum atomic E-state index is 0.715. The summed E-state index contributed by atoms with van der Waals surface area (Å²) in [6.45, 7) is 5.32. The van der Waals surface area contributed by atoms with Crippen molar-refractivity contribution in [2.24, 2.45) is 5.92 Å². The van der Waals surface area contributed by atoms with Crippen LogP contribution in [0.5, 0.6) is 0 Å². The number of benzene rings is 1. The summed E-state index contributed by atoms with van der Waals surface area (Å²) in [6, 6.07) is 8.36. The first kappa shape index (κ1) is 13.7. The van der Waals surface area contributed by atoms with Gasteiger partial charge in [0.2, 0.25) is 0 Å². The average Bonchev–Trinajstić information content (AvgIpc) is 2.30. The first-order valence-corrected chi connectivity index (χ1v) is 6.66. The van der Waals surface area contributed by atoms with Gasteiger partial charge in [0.25, 0.3) is 0 Å². The summed E-state index contributed by atoms with van der Waals surface area (Å²) >= 11 is 3.56. The molecule has 0 aliphatic carbocycles. The van der Waals surface area contributed by atoms with E-state index in [9.17, 15) is 0 Å². The first-order valence-electron chi connectivity index (χ1n) is 5.86. The predicted octanol–water partition coefficient (Wildman–Crippen LogP) is 2.78. The van der Waals surface area contributed by atoms with Crippen LogP contribution in [-0.2, 0) is 6.54 Å². The third kappa shape index (κ3) is 4.64. The van der Waals surface area contributed by atoms with Crippen molar-refractivity contribution in [3.05, 3.63) is 34.3 Å². The van der Waals surface area contributed by atoms with E-state index in [1.165, 1.54) is 16.5 Å². The van der Waals surface area contributed by atoms with Gasteiger partial charge in [-0.15, -0.1) is 0 Å². The van der Waals surface area contributed by atoms with Gasteiger partial charge in [-0.2, -0.15) is 0 Å². The number of hydrogen-bond acceptors (Lipinski definition) is 2. The fourth-order valence-electron chi connectivity index (χ4n) is 1.70. The van der Waals surface area contributed by atoms with Gasteiger partial charge in [0.1, 0.15) is 0 Å². The van der Waals surface area contributed by atoms with E-state index in [0.29, 0.717) is 5.92 Å². The summed E-state index contributed by atoms with van der Waals surface area (Å²) < 4.78 is 1.18. The molecule has 90 valence electrons. The Morgan fingerprint density at radius 1 is 1.25 bits per heavy atom. The van der Waals surface area contributed by atoms with E-state index < -0.39 is 0 Å². The molecule has 1 aromatic rings. The van der Waals surface area contributed by atoms with Crippen molar-refractivity contribution in [2.45, 2.75) is 19.9 Å². The van der Waals surface area contributed by atoms with Crippen LogP contribution in [0.3, 0.4) is 0 Å². The maximum atomic E-state index is 3.56. The van der Waals surface area contributed by atoms with Crippen LogP contribution in [0.2, 0.25) is 0 Å². The Hall–Kier alpha value is -0.380. The molecule has 1 unspecified atom stereocenters. The molecule has 1 atom stereocenters. The summed E-state index contributed by atoms with van der Waals surface area (Å²) in [4.78, 5) is 0. The molecule has 16 heavy (non-hydrogen) atoms. The number of halogens is 1.